The maximum atomic E-state index is 12.1. The van der Waals surface area contributed by atoms with Crippen LogP contribution >= 0.6 is 0 Å². The Labute approximate surface area is 139 Å². The SMILES string of the molecule is CC(=O)c1cccc(OCC(=O)Nc2cccc3cccnc23)c1. The minimum Gasteiger partial charge on any atom is -0.484 e. The van der Waals surface area contributed by atoms with E-state index in [4.69, 9.17) is 4.74 Å². The van der Waals surface area contributed by atoms with Crippen LogP contribution in [0.3, 0.4) is 0 Å². The van der Waals surface area contributed by atoms with Crippen LogP contribution in [-0.4, -0.2) is 23.3 Å². The van der Waals surface area contributed by atoms with Crippen LogP contribution in [0.2, 0.25) is 0 Å². The molecule has 0 unspecified atom stereocenters. The molecule has 24 heavy (non-hydrogen) atoms. The predicted octanol–water partition coefficient (Wildman–Crippen LogP) is 3.45. The molecule has 1 heterocycles. The van der Waals surface area contributed by atoms with Gasteiger partial charge in [0.1, 0.15) is 5.75 Å². The van der Waals surface area contributed by atoms with Gasteiger partial charge < -0.3 is 10.1 Å². The van der Waals surface area contributed by atoms with E-state index in [0.29, 0.717) is 17.0 Å². The van der Waals surface area contributed by atoms with Gasteiger partial charge in [-0.25, -0.2) is 0 Å². The third-order valence-corrected chi connectivity index (χ3v) is 3.52. The van der Waals surface area contributed by atoms with Gasteiger partial charge >= 0.3 is 0 Å². The fraction of sp³-hybridized carbons (Fsp3) is 0.105. The summed E-state index contributed by atoms with van der Waals surface area (Å²) in [5, 5.41) is 3.75. The molecule has 0 bridgehead atoms. The molecule has 5 nitrogen and oxygen atoms in total. The molecule has 2 aromatic carbocycles. The summed E-state index contributed by atoms with van der Waals surface area (Å²) >= 11 is 0. The van der Waals surface area contributed by atoms with Crippen LogP contribution < -0.4 is 10.1 Å². The van der Waals surface area contributed by atoms with E-state index in [0.717, 1.165) is 10.9 Å². The third-order valence-electron chi connectivity index (χ3n) is 3.52. The van der Waals surface area contributed by atoms with Crippen molar-refractivity contribution in [3.8, 4) is 5.75 Å². The fourth-order valence-electron chi connectivity index (χ4n) is 2.35. The van der Waals surface area contributed by atoms with Crippen molar-refractivity contribution in [1.82, 2.24) is 4.98 Å². The molecule has 0 fully saturated rings. The number of ether oxygens (including phenoxy) is 1. The van der Waals surface area contributed by atoms with Crippen LogP contribution in [-0.2, 0) is 4.79 Å². The molecule has 0 radical (unpaired) electrons. The number of fused-ring (bicyclic) bond motifs is 1. The van der Waals surface area contributed by atoms with Crippen molar-refractivity contribution in [1.29, 1.82) is 0 Å². The second-order valence-corrected chi connectivity index (χ2v) is 5.30. The smallest absolute Gasteiger partial charge is 0.262 e. The summed E-state index contributed by atoms with van der Waals surface area (Å²) in [5.74, 6) is 0.141. The summed E-state index contributed by atoms with van der Waals surface area (Å²) in [5.41, 5.74) is 1.91. The number of Topliss-reactive ketones (excluding diaryl/α,β-unsaturated/α-hetero) is 1. The number of carbonyl (C=O) groups excluding carboxylic acids is 2. The molecule has 0 aliphatic carbocycles. The standard InChI is InChI=1S/C19H16N2O3/c1-13(22)15-6-2-8-16(11-15)24-12-18(23)21-17-9-3-5-14-7-4-10-20-19(14)17/h2-11H,12H2,1H3,(H,21,23). The van der Waals surface area contributed by atoms with Crippen molar-refractivity contribution in [2.75, 3.05) is 11.9 Å². The number of hydrogen-bond donors (Lipinski definition) is 1. The highest BCUT2D eigenvalue weighted by molar-refractivity contribution is 6.00. The molecule has 0 spiro atoms. The van der Waals surface area contributed by atoms with Gasteiger partial charge in [-0.1, -0.05) is 30.3 Å². The first-order chi connectivity index (χ1) is 11.6. The summed E-state index contributed by atoms with van der Waals surface area (Å²) in [6.07, 6.45) is 1.68. The van der Waals surface area contributed by atoms with E-state index in [9.17, 15) is 9.59 Å². The van der Waals surface area contributed by atoms with Crippen LogP contribution in [0.15, 0.2) is 60.8 Å². The van der Waals surface area contributed by atoms with Gasteiger partial charge in [0.05, 0.1) is 11.2 Å². The van der Waals surface area contributed by atoms with Crippen LogP contribution in [0.4, 0.5) is 5.69 Å². The van der Waals surface area contributed by atoms with Crippen molar-refractivity contribution < 1.29 is 14.3 Å². The monoisotopic (exact) mass is 320 g/mol. The number of pyridine rings is 1. The fourth-order valence-corrected chi connectivity index (χ4v) is 2.35. The molecule has 1 N–H and O–H groups in total. The first kappa shape index (κ1) is 15.7. The number of nitrogens with one attached hydrogen (secondary N) is 1. The third kappa shape index (κ3) is 3.57. The maximum Gasteiger partial charge on any atom is 0.262 e. The van der Waals surface area contributed by atoms with Crippen LogP contribution in [0.5, 0.6) is 5.75 Å². The molecule has 0 aliphatic rings. The Bertz CT molecular complexity index is 901. The lowest BCUT2D eigenvalue weighted by atomic mass is 10.1. The van der Waals surface area contributed by atoms with E-state index in [1.54, 1.807) is 36.5 Å². The largest absolute Gasteiger partial charge is 0.484 e. The van der Waals surface area contributed by atoms with Gasteiger partial charge in [-0.05, 0) is 31.2 Å². The number of rotatable bonds is 5. The molecule has 0 saturated heterocycles. The highest BCUT2D eigenvalue weighted by atomic mass is 16.5. The molecule has 0 atom stereocenters. The first-order valence-electron chi connectivity index (χ1n) is 7.51. The summed E-state index contributed by atoms with van der Waals surface area (Å²) in [4.78, 5) is 27.8. The summed E-state index contributed by atoms with van der Waals surface area (Å²) in [6, 6.07) is 16.1. The molecule has 0 aliphatic heterocycles. The average Bonchev–Trinajstić information content (AvgIpc) is 2.60. The van der Waals surface area contributed by atoms with Gasteiger partial charge in [0.25, 0.3) is 5.91 Å². The van der Waals surface area contributed by atoms with Gasteiger partial charge in [-0.2, -0.15) is 0 Å². The van der Waals surface area contributed by atoms with Gasteiger partial charge in [0.15, 0.2) is 12.4 Å². The van der Waals surface area contributed by atoms with E-state index in [-0.39, 0.29) is 18.3 Å². The molecule has 1 aromatic heterocycles. The second kappa shape index (κ2) is 6.91. The van der Waals surface area contributed by atoms with Crippen molar-refractivity contribution in [3.05, 3.63) is 66.4 Å². The normalized spacial score (nSPS) is 10.4. The molecule has 0 saturated carbocycles. The number of nitrogens with zero attached hydrogens (tertiary/aromatic N) is 1. The van der Waals surface area contributed by atoms with E-state index in [1.807, 2.05) is 24.3 Å². The van der Waals surface area contributed by atoms with Crippen molar-refractivity contribution in [2.45, 2.75) is 6.92 Å². The Hall–Kier alpha value is -3.21. The molecular formula is C19H16N2O3. The highest BCUT2D eigenvalue weighted by Gasteiger charge is 2.08. The van der Waals surface area contributed by atoms with Crippen molar-refractivity contribution in [3.63, 3.8) is 0 Å². The Morgan fingerprint density at radius 3 is 2.71 bits per heavy atom. The molecular weight excluding hydrogens is 304 g/mol. The Kier molecular flexibility index (Phi) is 4.52. The zero-order chi connectivity index (χ0) is 16.9. The number of hydrogen-bond acceptors (Lipinski definition) is 4. The zero-order valence-corrected chi connectivity index (χ0v) is 13.2. The van der Waals surface area contributed by atoms with Gasteiger partial charge in [-0.3, -0.25) is 14.6 Å². The van der Waals surface area contributed by atoms with Crippen LogP contribution in [0, 0.1) is 0 Å². The van der Waals surface area contributed by atoms with Crippen LogP contribution in [0.1, 0.15) is 17.3 Å². The number of anilines is 1. The Balaban J connectivity index is 1.67. The summed E-state index contributed by atoms with van der Waals surface area (Å²) in [6.45, 7) is 1.34. The lowest BCUT2D eigenvalue weighted by molar-refractivity contribution is -0.118. The van der Waals surface area contributed by atoms with E-state index < -0.39 is 0 Å². The first-order valence-corrected chi connectivity index (χ1v) is 7.51. The predicted molar refractivity (Wildman–Crippen MR) is 92.3 cm³/mol. The number of aromatic nitrogens is 1. The van der Waals surface area contributed by atoms with Crippen LogP contribution in [0.25, 0.3) is 10.9 Å². The maximum absolute atomic E-state index is 12.1. The quantitative estimate of drug-likeness (QED) is 0.731. The molecule has 1 amide bonds. The second-order valence-electron chi connectivity index (χ2n) is 5.30. The number of carbonyl (C=O) groups is 2. The number of para-hydroxylation sites is 1. The zero-order valence-electron chi connectivity index (χ0n) is 13.2. The van der Waals surface area contributed by atoms with Crippen molar-refractivity contribution >= 4 is 28.3 Å². The van der Waals surface area contributed by atoms with Gasteiger partial charge in [0, 0.05) is 17.1 Å². The topological polar surface area (TPSA) is 68.3 Å². The Morgan fingerprint density at radius 2 is 1.88 bits per heavy atom. The van der Waals surface area contributed by atoms with E-state index >= 15 is 0 Å². The van der Waals surface area contributed by atoms with Crippen molar-refractivity contribution in [2.24, 2.45) is 0 Å². The number of benzene rings is 2. The lowest BCUT2D eigenvalue weighted by Crippen LogP contribution is -2.20. The highest BCUT2D eigenvalue weighted by Crippen LogP contribution is 2.20. The minimum atomic E-state index is -0.290. The van der Waals surface area contributed by atoms with E-state index in [2.05, 4.69) is 10.3 Å². The molecule has 3 rings (SSSR count). The number of amides is 1. The summed E-state index contributed by atoms with van der Waals surface area (Å²) < 4.78 is 5.46. The Morgan fingerprint density at radius 1 is 1.08 bits per heavy atom. The minimum absolute atomic E-state index is 0.0493. The summed E-state index contributed by atoms with van der Waals surface area (Å²) in [7, 11) is 0. The van der Waals surface area contributed by atoms with E-state index in [1.165, 1.54) is 6.92 Å². The molecule has 3 aromatic rings. The molecule has 5 heteroatoms. The number of ketones is 1. The average molecular weight is 320 g/mol. The lowest BCUT2D eigenvalue weighted by Gasteiger charge is -2.09. The molecule has 120 valence electrons. The van der Waals surface area contributed by atoms with Gasteiger partial charge in [-0.15, -0.1) is 0 Å². The van der Waals surface area contributed by atoms with Gasteiger partial charge in [0.2, 0.25) is 0 Å².